The Hall–Kier alpha value is -3.17. The van der Waals surface area contributed by atoms with Crippen LogP contribution in [-0.2, 0) is 17.8 Å². The van der Waals surface area contributed by atoms with E-state index in [-0.39, 0.29) is 30.2 Å². The van der Waals surface area contributed by atoms with Gasteiger partial charge in [0.15, 0.2) is 0 Å². The van der Waals surface area contributed by atoms with Crippen molar-refractivity contribution < 1.29 is 29.6 Å². The van der Waals surface area contributed by atoms with Gasteiger partial charge in [0.1, 0.15) is 12.4 Å². The van der Waals surface area contributed by atoms with E-state index in [9.17, 15) is 20.1 Å². The number of hydrogen-bond donors (Lipinski definition) is 5. The van der Waals surface area contributed by atoms with E-state index in [2.05, 4.69) is 10.6 Å². The van der Waals surface area contributed by atoms with Gasteiger partial charge in [-0.15, -0.1) is 0 Å². The van der Waals surface area contributed by atoms with Crippen molar-refractivity contribution in [2.75, 3.05) is 32.9 Å². The van der Waals surface area contributed by atoms with E-state index >= 15 is 0 Å². The average Bonchev–Trinajstić information content (AvgIpc) is 2.91. The monoisotopic (exact) mass is 524 g/mol. The van der Waals surface area contributed by atoms with Crippen molar-refractivity contribution in [1.82, 2.24) is 10.6 Å². The van der Waals surface area contributed by atoms with Gasteiger partial charge in [-0.25, -0.2) is 0 Å². The SMILES string of the molecule is CC(C)NC(=O)c1cccc(COCCOc2ccc(CCNCC(O)C3=CC=C(O)C(CO)C3)cc2)c1. The summed E-state index contributed by atoms with van der Waals surface area (Å²) in [6.07, 6.45) is 3.89. The highest BCUT2D eigenvalue weighted by atomic mass is 16.5. The molecule has 38 heavy (non-hydrogen) atoms. The minimum atomic E-state index is -0.653. The van der Waals surface area contributed by atoms with E-state index in [1.807, 2.05) is 56.3 Å². The number of benzene rings is 2. The van der Waals surface area contributed by atoms with E-state index in [0.717, 1.165) is 28.9 Å². The van der Waals surface area contributed by atoms with Crippen LogP contribution in [0.2, 0.25) is 0 Å². The molecule has 0 fully saturated rings. The lowest BCUT2D eigenvalue weighted by atomic mass is 9.90. The molecule has 0 aliphatic heterocycles. The molecule has 0 saturated carbocycles. The van der Waals surface area contributed by atoms with Crippen molar-refractivity contribution in [2.45, 2.75) is 45.4 Å². The summed E-state index contributed by atoms with van der Waals surface area (Å²) in [5.41, 5.74) is 3.52. The van der Waals surface area contributed by atoms with Gasteiger partial charge in [-0.3, -0.25) is 4.79 Å². The first kappa shape index (κ1) is 29.4. The Balaban J connectivity index is 1.30. The third-order valence-corrected chi connectivity index (χ3v) is 6.24. The first-order valence-electron chi connectivity index (χ1n) is 13.1. The number of hydrogen-bond acceptors (Lipinski definition) is 7. The molecule has 0 heterocycles. The fourth-order valence-electron chi connectivity index (χ4n) is 4.10. The van der Waals surface area contributed by atoms with Gasteiger partial charge in [-0.1, -0.05) is 30.3 Å². The van der Waals surface area contributed by atoms with Crippen molar-refractivity contribution in [1.29, 1.82) is 0 Å². The molecule has 0 radical (unpaired) electrons. The van der Waals surface area contributed by atoms with Crippen LogP contribution in [0.4, 0.5) is 0 Å². The third kappa shape index (κ3) is 9.61. The number of aliphatic hydroxyl groups is 3. The quantitative estimate of drug-likeness (QED) is 0.227. The largest absolute Gasteiger partial charge is 0.512 e. The van der Waals surface area contributed by atoms with Gasteiger partial charge in [-0.2, -0.15) is 0 Å². The molecule has 8 heteroatoms. The lowest BCUT2D eigenvalue weighted by Crippen LogP contribution is -2.31. The van der Waals surface area contributed by atoms with E-state index in [1.54, 1.807) is 18.2 Å². The fraction of sp³-hybridized carbons (Fsp3) is 0.433. The minimum Gasteiger partial charge on any atom is -0.512 e. The maximum absolute atomic E-state index is 12.2. The molecule has 0 spiro atoms. The molecule has 0 bridgehead atoms. The third-order valence-electron chi connectivity index (χ3n) is 6.24. The van der Waals surface area contributed by atoms with Crippen LogP contribution in [0, 0.1) is 5.92 Å². The first-order chi connectivity index (χ1) is 18.4. The number of allylic oxidation sites excluding steroid dienone is 2. The molecule has 0 aromatic heterocycles. The maximum Gasteiger partial charge on any atom is 0.251 e. The number of aliphatic hydroxyl groups excluding tert-OH is 3. The number of nitrogens with one attached hydrogen (secondary N) is 2. The number of carbonyl (C=O) groups excluding carboxylic acids is 1. The van der Waals surface area contributed by atoms with Crippen LogP contribution in [0.3, 0.4) is 0 Å². The van der Waals surface area contributed by atoms with Gasteiger partial charge in [0.25, 0.3) is 5.91 Å². The van der Waals surface area contributed by atoms with Gasteiger partial charge in [0.2, 0.25) is 0 Å². The second-order valence-corrected chi connectivity index (χ2v) is 9.76. The molecule has 1 amide bonds. The van der Waals surface area contributed by atoms with Gasteiger partial charge in [0, 0.05) is 24.1 Å². The average molecular weight is 525 g/mol. The first-order valence-corrected chi connectivity index (χ1v) is 13.1. The predicted molar refractivity (Wildman–Crippen MR) is 147 cm³/mol. The summed E-state index contributed by atoms with van der Waals surface area (Å²) in [5, 5.41) is 35.6. The fourth-order valence-corrected chi connectivity index (χ4v) is 4.10. The molecule has 1 aliphatic rings. The van der Waals surface area contributed by atoms with Crippen molar-refractivity contribution >= 4 is 5.91 Å². The van der Waals surface area contributed by atoms with Gasteiger partial charge in [-0.05, 0) is 80.3 Å². The van der Waals surface area contributed by atoms with Crippen LogP contribution in [-0.4, -0.2) is 66.3 Å². The summed E-state index contributed by atoms with van der Waals surface area (Å²) in [5.74, 6) is 0.507. The zero-order valence-electron chi connectivity index (χ0n) is 22.2. The van der Waals surface area contributed by atoms with E-state index in [0.29, 0.717) is 44.9 Å². The number of rotatable bonds is 15. The normalized spacial score (nSPS) is 16.1. The summed E-state index contributed by atoms with van der Waals surface area (Å²) in [6.45, 7) is 6.11. The van der Waals surface area contributed by atoms with E-state index in [4.69, 9.17) is 9.47 Å². The Morgan fingerprint density at radius 1 is 1.08 bits per heavy atom. The lowest BCUT2D eigenvalue weighted by Gasteiger charge is -2.23. The Bertz CT molecular complexity index is 1080. The molecule has 2 unspecified atom stereocenters. The standard InChI is InChI=1S/C30H40N2O6/c1-21(2)32-30(36)25-5-3-4-23(16-25)20-37-14-15-38-27-9-6-22(7-10-27)12-13-31-18-29(35)24-8-11-28(34)26(17-24)19-33/h3-11,16,21,26,29,31,33-35H,12-15,17-20H2,1-2H3,(H,32,36). The van der Waals surface area contributed by atoms with Crippen molar-refractivity contribution in [3.05, 3.63) is 88.7 Å². The zero-order valence-corrected chi connectivity index (χ0v) is 22.2. The van der Waals surface area contributed by atoms with Crippen LogP contribution in [0.25, 0.3) is 0 Å². The number of amides is 1. The van der Waals surface area contributed by atoms with Gasteiger partial charge in [0.05, 0.1) is 31.7 Å². The summed E-state index contributed by atoms with van der Waals surface area (Å²) in [6, 6.07) is 15.4. The summed E-state index contributed by atoms with van der Waals surface area (Å²) in [4.78, 5) is 12.2. The molecule has 2 aromatic rings. The van der Waals surface area contributed by atoms with Crippen LogP contribution in [0.1, 0.15) is 41.8 Å². The smallest absolute Gasteiger partial charge is 0.251 e. The Morgan fingerprint density at radius 3 is 2.61 bits per heavy atom. The lowest BCUT2D eigenvalue weighted by molar-refractivity contribution is 0.0885. The number of ether oxygens (including phenoxy) is 2. The molecule has 0 saturated heterocycles. The molecule has 206 valence electrons. The Labute approximate surface area is 225 Å². The highest BCUT2D eigenvalue weighted by molar-refractivity contribution is 5.94. The van der Waals surface area contributed by atoms with Crippen molar-refractivity contribution in [2.24, 2.45) is 5.92 Å². The van der Waals surface area contributed by atoms with Crippen molar-refractivity contribution in [3.63, 3.8) is 0 Å². The van der Waals surface area contributed by atoms with Crippen LogP contribution < -0.4 is 15.4 Å². The molecule has 3 rings (SSSR count). The second kappa shape index (κ2) is 15.3. The van der Waals surface area contributed by atoms with Crippen LogP contribution >= 0.6 is 0 Å². The summed E-state index contributed by atoms with van der Waals surface area (Å²) in [7, 11) is 0. The number of carbonyl (C=O) groups is 1. The maximum atomic E-state index is 12.2. The topological polar surface area (TPSA) is 120 Å². The summed E-state index contributed by atoms with van der Waals surface area (Å²) < 4.78 is 11.5. The zero-order chi connectivity index (χ0) is 27.3. The Kier molecular flexibility index (Phi) is 11.8. The molecule has 2 aromatic carbocycles. The predicted octanol–water partition coefficient (Wildman–Crippen LogP) is 3.29. The van der Waals surface area contributed by atoms with E-state index < -0.39 is 6.10 Å². The molecule has 1 aliphatic carbocycles. The van der Waals surface area contributed by atoms with E-state index in [1.165, 1.54) is 0 Å². The second-order valence-electron chi connectivity index (χ2n) is 9.76. The minimum absolute atomic E-state index is 0.0874. The summed E-state index contributed by atoms with van der Waals surface area (Å²) >= 11 is 0. The van der Waals surface area contributed by atoms with Gasteiger partial charge >= 0.3 is 0 Å². The molecular weight excluding hydrogens is 484 g/mol. The highest BCUT2D eigenvalue weighted by Crippen LogP contribution is 2.25. The van der Waals surface area contributed by atoms with Crippen LogP contribution in [0.5, 0.6) is 5.75 Å². The molecule has 5 N–H and O–H groups in total. The van der Waals surface area contributed by atoms with Crippen LogP contribution in [0.15, 0.2) is 72.0 Å². The molecule has 8 nitrogen and oxygen atoms in total. The van der Waals surface area contributed by atoms with Crippen molar-refractivity contribution in [3.8, 4) is 5.75 Å². The molecule has 2 atom stereocenters. The highest BCUT2D eigenvalue weighted by Gasteiger charge is 2.22. The van der Waals surface area contributed by atoms with Gasteiger partial charge < -0.3 is 35.4 Å². The Morgan fingerprint density at radius 2 is 1.87 bits per heavy atom. The molecular formula is C30H40N2O6.